The summed E-state index contributed by atoms with van der Waals surface area (Å²) in [5, 5.41) is 0. The Morgan fingerprint density at radius 1 is 1.54 bits per heavy atom. The minimum atomic E-state index is 0.547. The molecular formula is C9H14ClNO2. The normalized spacial score (nSPS) is 10.6. The summed E-state index contributed by atoms with van der Waals surface area (Å²) in [4.78, 5) is 4.08. The number of nitrogens with zero attached hydrogens (tertiary/aromatic N) is 1. The Kier molecular flexibility index (Phi) is 4.86. The maximum atomic E-state index is 5.55. The summed E-state index contributed by atoms with van der Waals surface area (Å²) in [6.07, 6.45) is 3.21. The molecular weight excluding hydrogens is 190 g/mol. The molecule has 1 rings (SSSR count). The molecule has 4 heteroatoms. The molecule has 0 unspecified atom stereocenters. The molecule has 0 saturated carbocycles. The Morgan fingerprint density at radius 3 is 3.08 bits per heavy atom. The molecule has 74 valence electrons. The second-order valence-corrected chi connectivity index (χ2v) is 2.98. The summed E-state index contributed by atoms with van der Waals surface area (Å²) in [5.41, 5.74) is 0. The van der Waals surface area contributed by atoms with E-state index in [1.54, 1.807) is 6.20 Å². The van der Waals surface area contributed by atoms with Gasteiger partial charge in [0.05, 0.1) is 12.8 Å². The Morgan fingerprint density at radius 2 is 2.38 bits per heavy atom. The standard InChI is InChI=1S/C9H14ClNO2/c1-2-12-6-4-8-7-11-9(13-8)3-5-10/h7H,2-6H2,1H3. The first kappa shape index (κ1) is 10.5. The molecule has 3 nitrogen and oxygen atoms in total. The van der Waals surface area contributed by atoms with Gasteiger partial charge in [-0.3, -0.25) is 0 Å². The molecule has 0 N–H and O–H groups in total. The van der Waals surface area contributed by atoms with Crippen LogP contribution >= 0.6 is 11.6 Å². The first-order valence-electron chi connectivity index (χ1n) is 4.44. The van der Waals surface area contributed by atoms with Crippen molar-refractivity contribution in [3.63, 3.8) is 0 Å². The highest BCUT2D eigenvalue weighted by molar-refractivity contribution is 6.17. The van der Waals surface area contributed by atoms with E-state index in [9.17, 15) is 0 Å². The van der Waals surface area contributed by atoms with Gasteiger partial charge < -0.3 is 9.15 Å². The number of alkyl halides is 1. The summed E-state index contributed by atoms with van der Waals surface area (Å²) in [5.74, 6) is 2.13. The van der Waals surface area contributed by atoms with Crippen LogP contribution in [0.2, 0.25) is 0 Å². The number of halogens is 1. The number of aryl methyl sites for hydroxylation is 1. The van der Waals surface area contributed by atoms with Gasteiger partial charge in [0.2, 0.25) is 0 Å². The smallest absolute Gasteiger partial charge is 0.195 e. The van der Waals surface area contributed by atoms with E-state index in [0.717, 1.165) is 18.8 Å². The van der Waals surface area contributed by atoms with Gasteiger partial charge in [-0.25, -0.2) is 4.98 Å². The van der Waals surface area contributed by atoms with E-state index in [1.807, 2.05) is 6.92 Å². The average Bonchev–Trinajstić information content (AvgIpc) is 2.54. The lowest BCUT2D eigenvalue weighted by Gasteiger charge is -1.96. The molecule has 1 heterocycles. The predicted octanol–water partition coefficient (Wildman–Crippen LogP) is 2.03. The average molecular weight is 204 g/mol. The molecule has 0 spiro atoms. The maximum Gasteiger partial charge on any atom is 0.195 e. The van der Waals surface area contributed by atoms with Crippen LogP contribution in [-0.2, 0) is 17.6 Å². The van der Waals surface area contributed by atoms with Crippen molar-refractivity contribution in [1.82, 2.24) is 4.98 Å². The molecule has 0 aliphatic heterocycles. The quantitative estimate of drug-likeness (QED) is 0.524. The fraction of sp³-hybridized carbons (Fsp3) is 0.667. The van der Waals surface area contributed by atoms with Crippen LogP contribution < -0.4 is 0 Å². The van der Waals surface area contributed by atoms with Crippen LogP contribution in [0, 0.1) is 0 Å². The van der Waals surface area contributed by atoms with Gasteiger partial charge >= 0.3 is 0 Å². The molecule has 1 aromatic heterocycles. The van der Waals surface area contributed by atoms with Crippen LogP contribution in [0.4, 0.5) is 0 Å². The van der Waals surface area contributed by atoms with Crippen molar-refractivity contribution < 1.29 is 9.15 Å². The maximum absolute atomic E-state index is 5.55. The molecule has 0 radical (unpaired) electrons. The number of hydrogen-bond acceptors (Lipinski definition) is 3. The summed E-state index contributed by atoms with van der Waals surface area (Å²) in [6.45, 7) is 3.40. The van der Waals surface area contributed by atoms with E-state index >= 15 is 0 Å². The lowest BCUT2D eigenvalue weighted by molar-refractivity contribution is 0.146. The van der Waals surface area contributed by atoms with Crippen molar-refractivity contribution in [2.75, 3.05) is 19.1 Å². The van der Waals surface area contributed by atoms with Crippen LogP contribution in [-0.4, -0.2) is 24.1 Å². The lowest BCUT2D eigenvalue weighted by Crippen LogP contribution is -1.96. The van der Waals surface area contributed by atoms with Gasteiger partial charge in [-0.15, -0.1) is 11.6 Å². The highest BCUT2D eigenvalue weighted by atomic mass is 35.5. The third-order valence-corrected chi connectivity index (χ3v) is 1.80. The molecule has 0 fully saturated rings. The van der Waals surface area contributed by atoms with Crippen LogP contribution in [0.25, 0.3) is 0 Å². The van der Waals surface area contributed by atoms with Crippen LogP contribution in [0.3, 0.4) is 0 Å². The highest BCUT2D eigenvalue weighted by Crippen LogP contribution is 2.05. The summed E-state index contributed by atoms with van der Waals surface area (Å²) in [6, 6.07) is 0. The summed E-state index contributed by atoms with van der Waals surface area (Å²) in [7, 11) is 0. The van der Waals surface area contributed by atoms with E-state index in [0.29, 0.717) is 24.8 Å². The first-order valence-corrected chi connectivity index (χ1v) is 4.97. The summed E-state index contributed by atoms with van der Waals surface area (Å²) < 4.78 is 10.6. The fourth-order valence-corrected chi connectivity index (χ4v) is 1.14. The SMILES string of the molecule is CCOCCc1cnc(CCCl)o1. The summed E-state index contributed by atoms with van der Waals surface area (Å²) >= 11 is 5.55. The van der Waals surface area contributed by atoms with Gasteiger partial charge in [0, 0.05) is 25.3 Å². The van der Waals surface area contributed by atoms with E-state index in [2.05, 4.69) is 4.98 Å². The van der Waals surface area contributed by atoms with Crippen LogP contribution in [0.15, 0.2) is 10.6 Å². The zero-order chi connectivity index (χ0) is 9.52. The second kappa shape index (κ2) is 6.00. The van der Waals surface area contributed by atoms with E-state index in [-0.39, 0.29) is 0 Å². The number of ether oxygens (including phenoxy) is 1. The highest BCUT2D eigenvalue weighted by Gasteiger charge is 2.02. The zero-order valence-electron chi connectivity index (χ0n) is 7.75. The third kappa shape index (κ3) is 3.79. The van der Waals surface area contributed by atoms with Crippen molar-refractivity contribution in [3.05, 3.63) is 17.8 Å². The van der Waals surface area contributed by atoms with E-state index in [4.69, 9.17) is 20.8 Å². The minimum absolute atomic E-state index is 0.547. The number of aromatic nitrogens is 1. The van der Waals surface area contributed by atoms with Crippen molar-refractivity contribution in [2.24, 2.45) is 0 Å². The molecule has 13 heavy (non-hydrogen) atoms. The Bertz CT molecular complexity index is 237. The molecule has 0 atom stereocenters. The van der Waals surface area contributed by atoms with Crippen molar-refractivity contribution in [2.45, 2.75) is 19.8 Å². The predicted molar refractivity (Wildman–Crippen MR) is 51.1 cm³/mol. The number of oxazole rings is 1. The zero-order valence-corrected chi connectivity index (χ0v) is 8.51. The first-order chi connectivity index (χ1) is 6.36. The van der Waals surface area contributed by atoms with Gasteiger partial charge in [-0.1, -0.05) is 0 Å². The van der Waals surface area contributed by atoms with Crippen molar-refractivity contribution >= 4 is 11.6 Å². The molecule has 0 aromatic carbocycles. The molecule has 0 aliphatic carbocycles. The van der Waals surface area contributed by atoms with Gasteiger partial charge in [0.1, 0.15) is 5.76 Å². The van der Waals surface area contributed by atoms with Gasteiger partial charge in [-0.2, -0.15) is 0 Å². The fourth-order valence-electron chi connectivity index (χ4n) is 0.977. The number of rotatable bonds is 6. The topological polar surface area (TPSA) is 35.3 Å². The van der Waals surface area contributed by atoms with Crippen molar-refractivity contribution in [1.29, 1.82) is 0 Å². The van der Waals surface area contributed by atoms with Gasteiger partial charge in [0.15, 0.2) is 5.89 Å². The molecule has 0 amide bonds. The van der Waals surface area contributed by atoms with E-state index < -0.39 is 0 Å². The van der Waals surface area contributed by atoms with Crippen molar-refractivity contribution in [3.8, 4) is 0 Å². The Labute approximate surface area is 83.1 Å². The monoisotopic (exact) mass is 203 g/mol. The molecule has 0 saturated heterocycles. The van der Waals surface area contributed by atoms with Crippen LogP contribution in [0.1, 0.15) is 18.6 Å². The molecule has 1 aromatic rings. The third-order valence-electron chi connectivity index (χ3n) is 1.61. The largest absolute Gasteiger partial charge is 0.446 e. The van der Waals surface area contributed by atoms with Gasteiger partial charge in [0.25, 0.3) is 0 Å². The van der Waals surface area contributed by atoms with Crippen LogP contribution in [0.5, 0.6) is 0 Å². The second-order valence-electron chi connectivity index (χ2n) is 2.61. The Balaban J connectivity index is 2.31. The Hall–Kier alpha value is -0.540. The van der Waals surface area contributed by atoms with Gasteiger partial charge in [-0.05, 0) is 6.92 Å². The number of hydrogen-bond donors (Lipinski definition) is 0. The minimum Gasteiger partial charge on any atom is -0.446 e. The molecule has 0 aliphatic rings. The lowest BCUT2D eigenvalue weighted by atomic mass is 10.4. The molecule has 0 bridgehead atoms. The van der Waals surface area contributed by atoms with E-state index in [1.165, 1.54) is 0 Å².